The van der Waals surface area contributed by atoms with E-state index in [0.717, 1.165) is 12.8 Å². The molecule has 1 unspecified atom stereocenters. The second kappa shape index (κ2) is 6.75. The number of rotatable bonds is 4. The Labute approximate surface area is 152 Å². The molecule has 0 bridgehead atoms. The van der Waals surface area contributed by atoms with Crippen molar-refractivity contribution < 1.29 is 14.4 Å². The van der Waals surface area contributed by atoms with Crippen LogP contribution < -0.4 is 5.32 Å². The van der Waals surface area contributed by atoms with Gasteiger partial charge in [-0.1, -0.05) is 54.6 Å². The van der Waals surface area contributed by atoms with Crippen molar-refractivity contribution in [2.24, 2.45) is 0 Å². The van der Waals surface area contributed by atoms with Gasteiger partial charge >= 0.3 is 0 Å². The minimum Gasteiger partial charge on any atom is -0.344 e. The van der Waals surface area contributed by atoms with Crippen molar-refractivity contribution >= 4 is 17.6 Å². The number of ketones is 1. The number of likely N-dealkylation sites (tertiary alicyclic amines) is 1. The van der Waals surface area contributed by atoms with Gasteiger partial charge in [0.25, 0.3) is 5.91 Å². The predicted octanol–water partition coefficient (Wildman–Crippen LogP) is 1.75. The molecule has 2 aliphatic rings. The van der Waals surface area contributed by atoms with Gasteiger partial charge in [0, 0.05) is 24.6 Å². The molecule has 1 aliphatic carbocycles. The maximum atomic E-state index is 12.4. The average Bonchev–Trinajstić information content (AvgIpc) is 3.24. The van der Waals surface area contributed by atoms with Gasteiger partial charge in [0.15, 0.2) is 0 Å². The third kappa shape index (κ3) is 3.12. The molecule has 0 spiro atoms. The summed E-state index contributed by atoms with van der Waals surface area (Å²) >= 11 is 0. The largest absolute Gasteiger partial charge is 0.344 e. The number of nitrogens with zero attached hydrogens (tertiary/aromatic N) is 1. The van der Waals surface area contributed by atoms with Crippen LogP contribution in [0.3, 0.4) is 0 Å². The Morgan fingerprint density at radius 2 is 1.50 bits per heavy atom. The fourth-order valence-electron chi connectivity index (χ4n) is 3.91. The van der Waals surface area contributed by atoms with Crippen LogP contribution in [0.15, 0.2) is 54.6 Å². The van der Waals surface area contributed by atoms with Crippen molar-refractivity contribution in [2.75, 3.05) is 6.54 Å². The van der Waals surface area contributed by atoms with E-state index in [-0.39, 0.29) is 24.4 Å². The molecular formula is C21H20N2O3. The molecule has 4 rings (SSSR count). The zero-order valence-electron chi connectivity index (χ0n) is 14.4. The van der Waals surface area contributed by atoms with E-state index in [1.54, 1.807) is 30.3 Å². The minimum absolute atomic E-state index is 0.0419. The van der Waals surface area contributed by atoms with E-state index >= 15 is 0 Å². The monoisotopic (exact) mass is 348 g/mol. The van der Waals surface area contributed by atoms with Crippen LogP contribution in [0.5, 0.6) is 0 Å². The first kappa shape index (κ1) is 16.5. The Morgan fingerprint density at radius 3 is 2.15 bits per heavy atom. The van der Waals surface area contributed by atoms with Crippen molar-refractivity contribution in [2.45, 2.75) is 31.3 Å². The highest BCUT2D eigenvalue weighted by Gasteiger charge is 2.38. The highest BCUT2D eigenvalue weighted by molar-refractivity contribution is 6.42. The number of nitrogens with one attached hydrogen (secondary N) is 1. The number of hydrogen-bond donors (Lipinski definition) is 1. The van der Waals surface area contributed by atoms with Crippen LogP contribution in [0.4, 0.5) is 0 Å². The van der Waals surface area contributed by atoms with Gasteiger partial charge in [-0.25, -0.2) is 0 Å². The number of Topliss-reactive ketones (excluding diaryl/α,β-unsaturated/α-hetero) is 1. The average molecular weight is 348 g/mol. The second-order valence-corrected chi connectivity index (χ2v) is 6.95. The summed E-state index contributed by atoms with van der Waals surface area (Å²) in [6, 6.07) is 16.5. The van der Waals surface area contributed by atoms with Crippen LogP contribution in [-0.4, -0.2) is 41.1 Å². The highest BCUT2D eigenvalue weighted by atomic mass is 16.2. The molecule has 2 amide bonds. The Morgan fingerprint density at radius 1 is 0.885 bits per heavy atom. The van der Waals surface area contributed by atoms with Crippen molar-refractivity contribution in [3.8, 4) is 0 Å². The molecule has 0 radical (unpaired) electrons. The van der Waals surface area contributed by atoms with Crippen molar-refractivity contribution in [3.05, 3.63) is 71.3 Å². The molecule has 5 heteroatoms. The quantitative estimate of drug-likeness (QED) is 0.676. The summed E-state index contributed by atoms with van der Waals surface area (Å²) in [5.41, 5.74) is 2.94. The third-order valence-electron chi connectivity index (χ3n) is 5.21. The first-order chi connectivity index (χ1) is 12.6. The molecule has 0 saturated carbocycles. The van der Waals surface area contributed by atoms with Crippen LogP contribution in [0, 0.1) is 0 Å². The summed E-state index contributed by atoms with van der Waals surface area (Å²) in [6.45, 7) is 0.464. The van der Waals surface area contributed by atoms with E-state index in [1.807, 2.05) is 17.0 Å². The number of carbonyl (C=O) groups is 3. The smallest absolute Gasteiger partial charge is 0.292 e. The van der Waals surface area contributed by atoms with Gasteiger partial charge in [-0.15, -0.1) is 0 Å². The summed E-state index contributed by atoms with van der Waals surface area (Å²) in [5.74, 6) is -1.17. The lowest BCUT2D eigenvalue weighted by Crippen LogP contribution is -2.43. The van der Waals surface area contributed by atoms with E-state index in [9.17, 15) is 14.4 Å². The van der Waals surface area contributed by atoms with E-state index in [4.69, 9.17) is 0 Å². The van der Waals surface area contributed by atoms with Crippen LogP contribution >= 0.6 is 0 Å². The van der Waals surface area contributed by atoms with E-state index in [2.05, 4.69) is 17.4 Å². The molecule has 1 atom stereocenters. The Balaban J connectivity index is 1.38. The fourth-order valence-corrected chi connectivity index (χ4v) is 3.91. The molecule has 1 fully saturated rings. The van der Waals surface area contributed by atoms with Crippen molar-refractivity contribution in [3.63, 3.8) is 0 Å². The van der Waals surface area contributed by atoms with E-state index in [0.29, 0.717) is 12.1 Å². The number of benzene rings is 2. The molecule has 2 aromatic carbocycles. The van der Waals surface area contributed by atoms with Crippen molar-refractivity contribution in [1.29, 1.82) is 0 Å². The van der Waals surface area contributed by atoms with Crippen LogP contribution in [0.1, 0.15) is 27.9 Å². The van der Waals surface area contributed by atoms with Crippen LogP contribution in [0.25, 0.3) is 0 Å². The van der Waals surface area contributed by atoms with Gasteiger partial charge in [-0.2, -0.15) is 0 Å². The number of carbonyl (C=O) groups excluding carboxylic acids is 3. The SMILES string of the molecule is O=C(NC1CC(=O)N(C2Cc3ccccc3C2)C1)C(=O)c1ccccc1. The molecule has 26 heavy (non-hydrogen) atoms. The summed E-state index contributed by atoms with van der Waals surface area (Å²) in [6.07, 6.45) is 1.96. The maximum absolute atomic E-state index is 12.4. The maximum Gasteiger partial charge on any atom is 0.292 e. The van der Waals surface area contributed by atoms with E-state index in [1.165, 1.54) is 11.1 Å². The molecule has 1 saturated heterocycles. The normalized spacial score (nSPS) is 19.5. The summed E-state index contributed by atoms with van der Waals surface area (Å²) in [5, 5.41) is 2.73. The first-order valence-electron chi connectivity index (χ1n) is 8.88. The molecule has 1 aliphatic heterocycles. The number of hydrogen-bond acceptors (Lipinski definition) is 3. The van der Waals surface area contributed by atoms with Gasteiger partial charge in [0.05, 0.1) is 6.04 Å². The molecule has 1 N–H and O–H groups in total. The lowest BCUT2D eigenvalue weighted by molar-refractivity contribution is -0.129. The van der Waals surface area contributed by atoms with Gasteiger partial charge in [0.2, 0.25) is 11.7 Å². The Kier molecular flexibility index (Phi) is 4.29. The number of fused-ring (bicyclic) bond motifs is 1. The molecular weight excluding hydrogens is 328 g/mol. The summed E-state index contributed by atoms with van der Waals surface area (Å²) in [4.78, 5) is 38.7. The van der Waals surface area contributed by atoms with Gasteiger partial charge in [0.1, 0.15) is 0 Å². The van der Waals surface area contributed by atoms with Crippen LogP contribution in [-0.2, 0) is 22.4 Å². The van der Waals surface area contributed by atoms with E-state index < -0.39 is 11.7 Å². The Bertz CT molecular complexity index is 838. The topological polar surface area (TPSA) is 66.5 Å². The first-order valence-corrected chi connectivity index (χ1v) is 8.88. The summed E-state index contributed by atoms with van der Waals surface area (Å²) < 4.78 is 0. The van der Waals surface area contributed by atoms with Gasteiger partial charge in [-0.05, 0) is 24.0 Å². The molecule has 1 heterocycles. The molecule has 132 valence electrons. The lowest BCUT2D eigenvalue weighted by atomic mass is 10.1. The molecule has 2 aromatic rings. The fraction of sp³-hybridized carbons (Fsp3) is 0.286. The lowest BCUT2D eigenvalue weighted by Gasteiger charge is -2.24. The van der Waals surface area contributed by atoms with Gasteiger partial charge < -0.3 is 10.2 Å². The third-order valence-corrected chi connectivity index (χ3v) is 5.21. The Hall–Kier alpha value is -2.95. The van der Waals surface area contributed by atoms with Gasteiger partial charge in [-0.3, -0.25) is 14.4 Å². The van der Waals surface area contributed by atoms with Crippen LogP contribution in [0.2, 0.25) is 0 Å². The molecule has 0 aromatic heterocycles. The summed E-state index contributed by atoms with van der Waals surface area (Å²) in [7, 11) is 0. The zero-order valence-corrected chi connectivity index (χ0v) is 14.4. The number of amides is 2. The van der Waals surface area contributed by atoms with Crippen molar-refractivity contribution in [1.82, 2.24) is 10.2 Å². The second-order valence-electron chi connectivity index (χ2n) is 6.95. The minimum atomic E-state index is -0.648. The molecule has 5 nitrogen and oxygen atoms in total. The standard InChI is InChI=1S/C21H20N2O3/c24-19-12-17(22-21(26)20(25)14-6-2-1-3-7-14)13-23(19)18-10-15-8-4-5-9-16(15)11-18/h1-9,17-18H,10-13H2,(H,22,26). The zero-order chi connectivity index (χ0) is 18.1. The predicted molar refractivity (Wildman–Crippen MR) is 96.7 cm³/mol. The highest BCUT2D eigenvalue weighted by Crippen LogP contribution is 2.28.